The Morgan fingerprint density at radius 3 is 1.50 bits per heavy atom. The van der Waals surface area contributed by atoms with Crippen molar-refractivity contribution >= 4 is 0 Å². The maximum absolute atomic E-state index is 13.5. The van der Waals surface area contributed by atoms with Crippen molar-refractivity contribution in [2.45, 2.75) is 109 Å². The largest absolute Gasteiger partial charge is 0.453 e. The maximum atomic E-state index is 13.5. The van der Waals surface area contributed by atoms with E-state index in [0.29, 0.717) is 18.8 Å². The summed E-state index contributed by atoms with van der Waals surface area (Å²) in [6.07, 6.45) is 8.08. The van der Waals surface area contributed by atoms with Crippen molar-refractivity contribution in [3.63, 3.8) is 0 Å². The van der Waals surface area contributed by atoms with E-state index in [2.05, 4.69) is 18.8 Å². The average molecular weight is 433 g/mol. The third-order valence-corrected chi connectivity index (χ3v) is 8.14. The summed E-state index contributed by atoms with van der Waals surface area (Å²) in [5, 5.41) is 0. The Kier molecular flexibility index (Phi) is 8.13. The van der Waals surface area contributed by atoms with Gasteiger partial charge in [0.25, 0.3) is 0 Å². The van der Waals surface area contributed by atoms with Gasteiger partial charge in [-0.15, -0.1) is 0 Å². The first-order chi connectivity index (χ1) is 14.2. The number of hydrogen-bond acceptors (Lipinski definition) is 0. The van der Waals surface area contributed by atoms with Crippen molar-refractivity contribution in [1.82, 2.24) is 0 Å². The van der Waals surface area contributed by atoms with Crippen LogP contribution in [0.5, 0.6) is 0 Å². The molecule has 0 aromatic rings. The molecule has 0 aromatic heterocycles. The van der Waals surface area contributed by atoms with E-state index in [9.17, 15) is 22.0 Å². The average Bonchev–Trinajstić information content (AvgIpc) is 2.73. The SMILES string of the molecule is CCCC1CCC(C2CCC(C#CC3CCC(C(F)(F)C(F)(F)F)CC3)CC2)CC1. The molecule has 5 heteroatoms. The van der Waals surface area contributed by atoms with Gasteiger partial charge in [-0.3, -0.25) is 0 Å². The Balaban J connectivity index is 1.39. The minimum Gasteiger partial charge on any atom is -0.196 e. The zero-order valence-corrected chi connectivity index (χ0v) is 18.3. The molecule has 0 spiro atoms. The van der Waals surface area contributed by atoms with Crippen LogP contribution < -0.4 is 0 Å². The first kappa shape index (κ1) is 23.9. The molecule has 3 aliphatic carbocycles. The van der Waals surface area contributed by atoms with Crippen LogP contribution in [0.1, 0.15) is 96.8 Å². The fraction of sp³-hybridized carbons (Fsp3) is 0.920. The normalized spacial score (nSPS) is 36.1. The van der Waals surface area contributed by atoms with E-state index in [1.807, 2.05) is 0 Å². The summed E-state index contributed by atoms with van der Waals surface area (Å²) in [5.74, 6) is 3.48. The van der Waals surface area contributed by atoms with Crippen LogP contribution in [0, 0.1) is 47.3 Å². The molecule has 0 saturated heterocycles. The van der Waals surface area contributed by atoms with Gasteiger partial charge in [-0.2, -0.15) is 22.0 Å². The molecule has 30 heavy (non-hydrogen) atoms. The van der Waals surface area contributed by atoms with E-state index in [-0.39, 0.29) is 18.8 Å². The third kappa shape index (κ3) is 5.92. The first-order valence-corrected chi connectivity index (χ1v) is 12.2. The summed E-state index contributed by atoms with van der Waals surface area (Å²) in [5.41, 5.74) is 0. The molecular weight excluding hydrogens is 395 g/mol. The predicted octanol–water partition coefficient (Wildman–Crippen LogP) is 8.41. The van der Waals surface area contributed by atoms with Gasteiger partial charge in [-0.25, -0.2) is 0 Å². The van der Waals surface area contributed by atoms with Crippen LogP contribution in [-0.2, 0) is 0 Å². The Hall–Kier alpha value is -0.790. The molecule has 0 aromatic carbocycles. The summed E-state index contributed by atoms with van der Waals surface area (Å²) in [6, 6.07) is 0. The molecule has 0 N–H and O–H groups in total. The van der Waals surface area contributed by atoms with Gasteiger partial charge in [0.05, 0.1) is 0 Å². The van der Waals surface area contributed by atoms with Crippen LogP contribution in [0.3, 0.4) is 0 Å². The fourth-order valence-electron chi connectivity index (χ4n) is 6.16. The fourth-order valence-corrected chi connectivity index (χ4v) is 6.16. The maximum Gasteiger partial charge on any atom is 0.453 e. The Labute approximate surface area is 178 Å². The highest BCUT2D eigenvalue weighted by Gasteiger charge is 2.62. The van der Waals surface area contributed by atoms with Crippen molar-refractivity contribution in [2.24, 2.45) is 35.5 Å². The topological polar surface area (TPSA) is 0 Å². The monoisotopic (exact) mass is 432 g/mol. The Morgan fingerprint density at radius 1 is 0.633 bits per heavy atom. The van der Waals surface area contributed by atoms with Crippen molar-refractivity contribution < 1.29 is 22.0 Å². The smallest absolute Gasteiger partial charge is 0.196 e. The molecule has 0 aliphatic heterocycles. The minimum atomic E-state index is -5.44. The van der Waals surface area contributed by atoms with Gasteiger partial charge < -0.3 is 0 Å². The van der Waals surface area contributed by atoms with E-state index in [4.69, 9.17) is 0 Å². The van der Waals surface area contributed by atoms with E-state index in [1.165, 1.54) is 51.4 Å². The van der Waals surface area contributed by atoms with E-state index in [0.717, 1.165) is 30.6 Å². The second-order valence-electron chi connectivity index (χ2n) is 10.1. The Morgan fingerprint density at radius 2 is 1.07 bits per heavy atom. The zero-order valence-electron chi connectivity index (χ0n) is 18.3. The lowest BCUT2D eigenvalue weighted by atomic mass is 9.69. The van der Waals surface area contributed by atoms with Crippen molar-refractivity contribution in [1.29, 1.82) is 0 Å². The van der Waals surface area contributed by atoms with Crippen LogP contribution in [-0.4, -0.2) is 12.1 Å². The van der Waals surface area contributed by atoms with Crippen LogP contribution in [0.15, 0.2) is 0 Å². The van der Waals surface area contributed by atoms with Gasteiger partial charge in [-0.05, 0) is 82.0 Å². The highest BCUT2D eigenvalue weighted by atomic mass is 19.4. The van der Waals surface area contributed by atoms with Crippen molar-refractivity contribution in [2.75, 3.05) is 0 Å². The molecule has 0 heterocycles. The number of halogens is 5. The van der Waals surface area contributed by atoms with Gasteiger partial charge in [0.1, 0.15) is 0 Å². The van der Waals surface area contributed by atoms with Gasteiger partial charge in [0, 0.05) is 17.8 Å². The second kappa shape index (κ2) is 10.2. The molecule has 3 aliphatic rings. The zero-order chi connectivity index (χ0) is 21.8. The van der Waals surface area contributed by atoms with Crippen LogP contribution in [0.2, 0.25) is 0 Å². The standard InChI is InChI=1S/C25H37F5/c1-2-3-18-6-12-21(13-7-18)22-14-8-19(9-15-22)4-5-20-10-16-23(17-11-20)24(26,27)25(28,29)30/h18-23H,2-3,6-17H2,1H3. The molecule has 3 fully saturated rings. The lowest BCUT2D eigenvalue weighted by Crippen LogP contribution is -2.44. The predicted molar refractivity (Wildman–Crippen MR) is 110 cm³/mol. The summed E-state index contributed by atoms with van der Waals surface area (Å²) >= 11 is 0. The quantitative estimate of drug-likeness (QED) is 0.309. The first-order valence-electron chi connectivity index (χ1n) is 12.2. The summed E-state index contributed by atoms with van der Waals surface area (Å²) in [4.78, 5) is 0. The molecule has 3 saturated carbocycles. The number of hydrogen-bond donors (Lipinski definition) is 0. The highest BCUT2D eigenvalue weighted by molar-refractivity contribution is 5.09. The van der Waals surface area contributed by atoms with Gasteiger partial charge in [-0.1, -0.05) is 44.4 Å². The van der Waals surface area contributed by atoms with Gasteiger partial charge in [0.2, 0.25) is 0 Å². The van der Waals surface area contributed by atoms with Crippen molar-refractivity contribution in [3.05, 3.63) is 0 Å². The molecule has 0 nitrogen and oxygen atoms in total. The second-order valence-corrected chi connectivity index (χ2v) is 10.1. The van der Waals surface area contributed by atoms with Gasteiger partial charge in [0.15, 0.2) is 0 Å². The molecule has 0 unspecified atom stereocenters. The van der Waals surface area contributed by atoms with Crippen LogP contribution in [0.4, 0.5) is 22.0 Å². The summed E-state index contributed by atoms with van der Waals surface area (Å²) < 4.78 is 64.7. The molecule has 172 valence electrons. The molecule has 3 rings (SSSR count). The molecule has 0 radical (unpaired) electrons. The van der Waals surface area contributed by atoms with E-state index in [1.54, 1.807) is 0 Å². The van der Waals surface area contributed by atoms with Crippen molar-refractivity contribution in [3.8, 4) is 11.8 Å². The van der Waals surface area contributed by atoms with Crippen LogP contribution in [0.25, 0.3) is 0 Å². The highest BCUT2D eigenvalue weighted by Crippen LogP contribution is 2.47. The molecule has 0 bridgehead atoms. The molecule has 0 atom stereocenters. The number of alkyl halides is 5. The van der Waals surface area contributed by atoms with Gasteiger partial charge >= 0.3 is 12.1 Å². The minimum absolute atomic E-state index is 0.0168. The Bertz CT molecular complexity index is 575. The lowest BCUT2D eigenvalue weighted by molar-refractivity contribution is -0.305. The molecule has 0 amide bonds. The number of rotatable bonds is 4. The van der Waals surface area contributed by atoms with E-state index < -0.39 is 18.0 Å². The molecular formula is C25H37F5. The van der Waals surface area contributed by atoms with Crippen LogP contribution >= 0.6 is 0 Å². The lowest BCUT2D eigenvalue weighted by Gasteiger charge is -2.37. The summed E-state index contributed by atoms with van der Waals surface area (Å²) in [7, 11) is 0. The summed E-state index contributed by atoms with van der Waals surface area (Å²) in [6.45, 7) is 2.28. The van der Waals surface area contributed by atoms with E-state index >= 15 is 0 Å². The third-order valence-electron chi connectivity index (χ3n) is 8.14.